The molecule has 0 bridgehead atoms. The number of carbonyl (C=O) groups excluding carboxylic acids is 4. The maximum atomic E-state index is 13.1. The number of rotatable bonds is 6. The van der Waals surface area contributed by atoms with E-state index >= 15 is 0 Å². The van der Waals surface area contributed by atoms with E-state index in [1.165, 1.54) is 0 Å². The lowest BCUT2D eigenvalue weighted by molar-refractivity contribution is 0.0516. The first-order valence-corrected chi connectivity index (χ1v) is 10.6. The zero-order valence-electron chi connectivity index (χ0n) is 19.6. The molecular formula is C24H32N2O6. The average Bonchev–Trinajstić information content (AvgIpc) is 2.64. The Bertz CT molecular complexity index is 860. The van der Waals surface area contributed by atoms with Crippen molar-refractivity contribution < 1.29 is 28.7 Å². The van der Waals surface area contributed by atoms with Gasteiger partial charge in [0, 0.05) is 35.4 Å². The number of benzene rings is 1. The Hall–Kier alpha value is -3.16. The van der Waals surface area contributed by atoms with Gasteiger partial charge in [0.05, 0.1) is 0 Å². The number of fused-ring (bicyclic) bond motifs is 1. The van der Waals surface area contributed by atoms with E-state index < -0.39 is 23.4 Å². The maximum Gasteiger partial charge on any atom is 0.407 e. The topological polar surface area (TPSA) is 111 Å². The minimum atomic E-state index is -0.641. The quantitative estimate of drug-likeness (QED) is 0.681. The SMILES string of the molecule is CC(C)(C)OC(=O)NCCC1=C(CCNC(=O)OC(C)(C)C)C(=O)c2ccccc2C1=O. The molecule has 174 valence electrons. The average molecular weight is 445 g/mol. The molecule has 8 heteroatoms. The van der Waals surface area contributed by atoms with Crippen molar-refractivity contribution in [3.05, 3.63) is 46.5 Å². The van der Waals surface area contributed by atoms with E-state index in [0.29, 0.717) is 22.3 Å². The van der Waals surface area contributed by atoms with Gasteiger partial charge in [0.1, 0.15) is 11.2 Å². The molecule has 8 nitrogen and oxygen atoms in total. The van der Waals surface area contributed by atoms with Crippen LogP contribution in [0.15, 0.2) is 35.4 Å². The van der Waals surface area contributed by atoms with Crippen LogP contribution < -0.4 is 10.6 Å². The smallest absolute Gasteiger partial charge is 0.407 e. The van der Waals surface area contributed by atoms with E-state index in [0.717, 1.165) is 0 Å². The Kier molecular flexibility index (Phi) is 7.83. The molecule has 0 saturated heterocycles. The Morgan fingerprint density at radius 3 is 1.38 bits per heavy atom. The number of ether oxygens (including phenoxy) is 2. The van der Waals surface area contributed by atoms with Gasteiger partial charge in [-0.15, -0.1) is 0 Å². The Morgan fingerprint density at radius 1 is 0.719 bits per heavy atom. The summed E-state index contributed by atoms with van der Waals surface area (Å²) in [6.07, 6.45) is -0.859. The minimum Gasteiger partial charge on any atom is -0.444 e. The number of amides is 2. The van der Waals surface area contributed by atoms with Gasteiger partial charge in [0.25, 0.3) is 0 Å². The van der Waals surface area contributed by atoms with Crippen LogP contribution in [0.2, 0.25) is 0 Å². The van der Waals surface area contributed by atoms with E-state index in [9.17, 15) is 19.2 Å². The van der Waals surface area contributed by atoms with Crippen molar-refractivity contribution >= 4 is 23.8 Å². The van der Waals surface area contributed by atoms with Crippen LogP contribution >= 0.6 is 0 Å². The molecule has 2 amide bonds. The van der Waals surface area contributed by atoms with Crippen LogP contribution in [0.25, 0.3) is 0 Å². The highest BCUT2D eigenvalue weighted by atomic mass is 16.6. The number of hydrogen-bond acceptors (Lipinski definition) is 6. The van der Waals surface area contributed by atoms with Gasteiger partial charge in [-0.2, -0.15) is 0 Å². The molecule has 0 unspecified atom stereocenters. The predicted molar refractivity (Wildman–Crippen MR) is 120 cm³/mol. The highest BCUT2D eigenvalue weighted by Gasteiger charge is 2.31. The maximum absolute atomic E-state index is 13.1. The molecule has 1 aliphatic carbocycles. The third kappa shape index (κ3) is 7.21. The summed E-state index contributed by atoms with van der Waals surface area (Å²) in [5.41, 5.74) is 0.0585. The summed E-state index contributed by atoms with van der Waals surface area (Å²) >= 11 is 0. The van der Waals surface area contributed by atoms with Crippen LogP contribution in [0.1, 0.15) is 75.1 Å². The van der Waals surface area contributed by atoms with Crippen molar-refractivity contribution in [2.24, 2.45) is 0 Å². The van der Waals surface area contributed by atoms with Gasteiger partial charge in [-0.1, -0.05) is 24.3 Å². The summed E-state index contributed by atoms with van der Waals surface area (Å²) in [5, 5.41) is 5.24. The van der Waals surface area contributed by atoms with Crippen LogP contribution in [0, 0.1) is 0 Å². The predicted octanol–water partition coefficient (Wildman–Crippen LogP) is 4.19. The monoisotopic (exact) mass is 444 g/mol. The fourth-order valence-electron chi connectivity index (χ4n) is 3.21. The second-order valence-electron chi connectivity index (χ2n) is 9.52. The summed E-state index contributed by atoms with van der Waals surface area (Å²) in [7, 11) is 0. The normalized spacial score (nSPS) is 14.1. The molecule has 1 aliphatic rings. The summed E-state index contributed by atoms with van der Waals surface area (Å²) < 4.78 is 10.4. The van der Waals surface area contributed by atoms with Gasteiger partial charge in [-0.3, -0.25) is 9.59 Å². The third-order valence-corrected chi connectivity index (χ3v) is 4.42. The number of ketones is 2. The van der Waals surface area contributed by atoms with Crippen LogP contribution in [-0.2, 0) is 9.47 Å². The molecule has 0 heterocycles. The van der Waals surface area contributed by atoms with Gasteiger partial charge in [-0.25, -0.2) is 9.59 Å². The first-order chi connectivity index (χ1) is 14.8. The summed E-state index contributed by atoms with van der Waals surface area (Å²) in [4.78, 5) is 50.0. The van der Waals surface area contributed by atoms with Crippen molar-refractivity contribution in [2.75, 3.05) is 13.1 Å². The van der Waals surface area contributed by atoms with Gasteiger partial charge < -0.3 is 20.1 Å². The van der Waals surface area contributed by atoms with E-state index in [4.69, 9.17) is 9.47 Å². The number of alkyl carbamates (subject to hydrolysis) is 2. The summed E-state index contributed by atoms with van der Waals surface area (Å²) in [6.45, 7) is 10.8. The van der Waals surface area contributed by atoms with Gasteiger partial charge in [0.15, 0.2) is 11.6 Å². The molecule has 0 aliphatic heterocycles. The fourth-order valence-corrected chi connectivity index (χ4v) is 3.21. The number of hydrogen-bond donors (Lipinski definition) is 2. The van der Waals surface area contributed by atoms with Crippen molar-refractivity contribution in [1.82, 2.24) is 10.6 Å². The van der Waals surface area contributed by atoms with E-state index in [1.807, 2.05) is 0 Å². The molecule has 0 atom stereocenters. The lowest BCUT2D eigenvalue weighted by Gasteiger charge is -2.23. The highest BCUT2D eigenvalue weighted by Crippen LogP contribution is 2.29. The van der Waals surface area contributed by atoms with Crippen molar-refractivity contribution in [3.8, 4) is 0 Å². The Labute approximate surface area is 188 Å². The standard InChI is InChI=1S/C24H32N2O6/c1-23(2,3)31-21(29)25-13-11-17-18(12-14-26-22(30)32-24(4,5)6)20(28)16-10-8-7-9-15(16)19(17)27/h7-10H,11-14H2,1-6H3,(H,25,29)(H,26,30). The lowest BCUT2D eigenvalue weighted by atomic mass is 9.81. The van der Waals surface area contributed by atoms with Gasteiger partial charge in [0.2, 0.25) is 0 Å². The van der Waals surface area contributed by atoms with E-state index in [2.05, 4.69) is 10.6 Å². The first kappa shape index (κ1) is 25.1. The molecule has 0 spiro atoms. The van der Waals surface area contributed by atoms with E-state index in [1.54, 1.807) is 65.8 Å². The molecule has 0 radical (unpaired) electrons. The molecule has 2 N–H and O–H groups in total. The first-order valence-electron chi connectivity index (χ1n) is 10.6. The molecule has 0 saturated carbocycles. The molecule has 1 aromatic carbocycles. The molecule has 32 heavy (non-hydrogen) atoms. The van der Waals surface area contributed by atoms with Crippen molar-refractivity contribution in [3.63, 3.8) is 0 Å². The van der Waals surface area contributed by atoms with Crippen molar-refractivity contribution in [2.45, 2.75) is 65.6 Å². The minimum absolute atomic E-state index is 0.133. The second-order valence-corrected chi connectivity index (χ2v) is 9.52. The summed E-state index contributed by atoms with van der Waals surface area (Å²) in [6, 6.07) is 6.64. The van der Waals surface area contributed by atoms with Crippen LogP contribution in [-0.4, -0.2) is 48.0 Å². The fraction of sp³-hybridized carbons (Fsp3) is 0.500. The molecule has 0 aromatic heterocycles. The van der Waals surface area contributed by atoms with Crippen LogP contribution in [0.4, 0.5) is 9.59 Å². The number of nitrogens with one attached hydrogen (secondary N) is 2. The molecule has 1 aromatic rings. The van der Waals surface area contributed by atoms with Crippen molar-refractivity contribution in [1.29, 1.82) is 0 Å². The molecule has 0 fully saturated rings. The van der Waals surface area contributed by atoms with Gasteiger partial charge >= 0.3 is 12.2 Å². The summed E-state index contributed by atoms with van der Waals surface area (Å²) in [5.74, 6) is -0.503. The molecular weight excluding hydrogens is 412 g/mol. The second kappa shape index (κ2) is 9.97. The third-order valence-electron chi connectivity index (χ3n) is 4.42. The van der Waals surface area contributed by atoms with Crippen LogP contribution in [0.5, 0.6) is 0 Å². The Balaban J connectivity index is 2.15. The van der Waals surface area contributed by atoms with Crippen LogP contribution in [0.3, 0.4) is 0 Å². The number of Topliss-reactive ketones (excluding diaryl/α,β-unsaturated/α-hetero) is 2. The zero-order chi connectivity index (χ0) is 24.1. The molecule has 2 rings (SSSR count). The lowest BCUT2D eigenvalue weighted by Crippen LogP contribution is -2.35. The zero-order valence-corrected chi connectivity index (χ0v) is 19.6. The Morgan fingerprint density at radius 2 is 1.06 bits per heavy atom. The largest absolute Gasteiger partial charge is 0.444 e. The van der Waals surface area contributed by atoms with E-state index in [-0.39, 0.29) is 37.5 Å². The van der Waals surface area contributed by atoms with Gasteiger partial charge in [-0.05, 0) is 54.4 Å². The number of carbonyl (C=O) groups is 4. The highest BCUT2D eigenvalue weighted by molar-refractivity contribution is 6.26.